The molecule has 1 aliphatic carbocycles. The second-order valence-corrected chi connectivity index (χ2v) is 5.55. The molecule has 0 heterocycles. The van der Waals surface area contributed by atoms with Gasteiger partial charge in [0.05, 0.1) is 4.92 Å². The van der Waals surface area contributed by atoms with Gasteiger partial charge in [-0.05, 0) is 44.2 Å². The largest absolute Gasteiger partial charge is 0.379 e. The van der Waals surface area contributed by atoms with E-state index in [-0.39, 0.29) is 10.6 Å². The molecule has 1 saturated carbocycles. The van der Waals surface area contributed by atoms with Gasteiger partial charge in [0.25, 0.3) is 0 Å². The highest BCUT2D eigenvalue weighted by Gasteiger charge is 2.33. The van der Waals surface area contributed by atoms with Crippen LogP contribution in [0.25, 0.3) is 0 Å². The lowest BCUT2D eigenvalue weighted by molar-refractivity contribution is -0.383. The van der Waals surface area contributed by atoms with Gasteiger partial charge in [-0.25, -0.2) is 0 Å². The normalized spacial score (nSPS) is 15.8. The summed E-state index contributed by atoms with van der Waals surface area (Å²) in [6.45, 7) is 4.93. The molecule has 1 atom stereocenters. The molecule has 0 radical (unpaired) electrons. The lowest BCUT2D eigenvalue weighted by Gasteiger charge is -2.27. The van der Waals surface area contributed by atoms with Crippen LogP contribution >= 0.6 is 0 Å². The molecule has 1 fully saturated rings. The van der Waals surface area contributed by atoms with Gasteiger partial charge in [0, 0.05) is 19.6 Å². The number of nitrogens with one attached hydrogen (secondary N) is 1. The topological polar surface area (TPSA) is 58.4 Å². The second kappa shape index (κ2) is 6.11. The lowest BCUT2D eigenvalue weighted by atomic mass is 10.1. The predicted octanol–water partition coefficient (Wildman–Crippen LogP) is 3.65. The van der Waals surface area contributed by atoms with E-state index >= 15 is 0 Å². The standard InChI is InChI=1S/C15H23N3O2/c1-4-10-16-13-6-5-7-14(15(13)18(19)20)17(3)11(2)12-8-9-12/h5-7,11-12,16H,4,8-10H2,1-3H3. The molecule has 1 unspecified atom stereocenters. The maximum Gasteiger partial charge on any atom is 0.315 e. The molecular weight excluding hydrogens is 254 g/mol. The minimum absolute atomic E-state index is 0.191. The summed E-state index contributed by atoms with van der Waals surface area (Å²) in [6, 6.07) is 5.85. The highest BCUT2D eigenvalue weighted by atomic mass is 16.6. The Morgan fingerprint density at radius 2 is 2.20 bits per heavy atom. The molecule has 0 aliphatic heterocycles. The third-order valence-electron chi connectivity index (χ3n) is 4.06. The number of hydrogen-bond acceptors (Lipinski definition) is 4. The molecule has 110 valence electrons. The van der Waals surface area contributed by atoms with Gasteiger partial charge in [0.2, 0.25) is 0 Å². The van der Waals surface area contributed by atoms with E-state index in [0.717, 1.165) is 13.0 Å². The molecule has 1 aromatic rings. The molecule has 0 bridgehead atoms. The number of nitro benzene ring substituents is 1. The Hall–Kier alpha value is -1.78. The van der Waals surface area contributed by atoms with E-state index < -0.39 is 0 Å². The minimum atomic E-state index is -0.274. The van der Waals surface area contributed by atoms with Crippen LogP contribution in [0.4, 0.5) is 17.1 Å². The van der Waals surface area contributed by atoms with Crippen molar-refractivity contribution in [3.63, 3.8) is 0 Å². The smallest absolute Gasteiger partial charge is 0.315 e. The summed E-state index contributed by atoms with van der Waals surface area (Å²) < 4.78 is 0. The molecule has 0 aromatic heterocycles. The Labute approximate surface area is 120 Å². The third kappa shape index (κ3) is 3.03. The van der Waals surface area contributed by atoms with Crippen LogP contribution in [0.2, 0.25) is 0 Å². The molecule has 0 spiro atoms. The molecule has 1 N–H and O–H groups in total. The molecule has 5 nitrogen and oxygen atoms in total. The van der Waals surface area contributed by atoms with Crippen LogP contribution in [0.15, 0.2) is 18.2 Å². The molecule has 20 heavy (non-hydrogen) atoms. The van der Waals surface area contributed by atoms with Gasteiger partial charge in [-0.3, -0.25) is 10.1 Å². The zero-order chi connectivity index (χ0) is 14.7. The lowest BCUT2D eigenvalue weighted by Crippen LogP contribution is -2.31. The summed E-state index contributed by atoms with van der Waals surface area (Å²) in [4.78, 5) is 13.2. The average Bonchev–Trinajstić information content (AvgIpc) is 3.27. The van der Waals surface area contributed by atoms with Crippen molar-refractivity contribution < 1.29 is 4.92 Å². The Balaban J connectivity index is 2.32. The van der Waals surface area contributed by atoms with E-state index in [0.29, 0.717) is 23.3 Å². The van der Waals surface area contributed by atoms with Crippen molar-refractivity contribution in [1.29, 1.82) is 0 Å². The quantitative estimate of drug-likeness (QED) is 0.610. The van der Waals surface area contributed by atoms with Gasteiger partial charge in [-0.2, -0.15) is 0 Å². The van der Waals surface area contributed by atoms with Gasteiger partial charge in [-0.1, -0.05) is 13.0 Å². The molecule has 0 saturated heterocycles. The fourth-order valence-corrected chi connectivity index (χ4v) is 2.52. The van der Waals surface area contributed by atoms with Gasteiger partial charge in [-0.15, -0.1) is 0 Å². The first-order chi connectivity index (χ1) is 9.56. The van der Waals surface area contributed by atoms with Crippen LogP contribution < -0.4 is 10.2 Å². The highest BCUT2D eigenvalue weighted by molar-refractivity contribution is 5.77. The van der Waals surface area contributed by atoms with Crippen LogP contribution in [0.1, 0.15) is 33.1 Å². The number of anilines is 2. The van der Waals surface area contributed by atoms with E-state index in [2.05, 4.69) is 12.2 Å². The maximum atomic E-state index is 11.5. The molecule has 1 aliphatic rings. The number of hydrogen-bond donors (Lipinski definition) is 1. The first-order valence-corrected chi connectivity index (χ1v) is 7.30. The number of rotatable bonds is 7. The molecule has 1 aromatic carbocycles. The SMILES string of the molecule is CCCNc1cccc(N(C)C(C)C2CC2)c1[N+](=O)[O-]. The van der Waals surface area contributed by atoms with E-state index in [1.807, 2.05) is 31.0 Å². The van der Waals surface area contributed by atoms with Crippen LogP contribution in [-0.4, -0.2) is 24.6 Å². The van der Waals surface area contributed by atoms with Crippen molar-refractivity contribution in [2.75, 3.05) is 23.8 Å². The number of nitrogens with zero attached hydrogens (tertiary/aromatic N) is 2. The van der Waals surface area contributed by atoms with Crippen molar-refractivity contribution in [3.05, 3.63) is 28.3 Å². The molecule has 0 amide bonds. The second-order valence-electron chi connectivity index (χ2n) is 5.55. The van der Waals surface area contributed by atoms with Crippen molar-refractivity contribution in [1.82, 2.24) is 0 Å². The summed E-state index contributed by atoms with van der Waals surface area (Å²) in [5, 5.41) is 14.6. The minimum Gasteiger partial charge on any atom is -0.379 e. The third-order valence-corrected chi connectivity index (χ3v) is 4.06. The van der Waals surface area contributed by atoms with E-state index in [1.165, 1.54) is 12.8 Å². The fraction of sp³-hybridized carbons (Fsp3) is 0.600. The van der Waals surface area contributed by atoms with E-state index in [1.54, 1.807) is 6.07 Å². The maximum absolute atomic E-state index is 11.5. The molecule has 5 heteroatoms. The van der Waals surface area contributed by atoms with E-state index in [9.17, 15) is 10.1 Å². The van der Waals surface area contributed by atoms with Crippen LogP contribution in [-0.2, 0) is 0 Å². The van der Waals surface area contributed by atoms with Gasteiger partial charge >= 0.3 is 5.69 Å². The van der Waals surface area contributed by atoms with Gasteiger partial charge < -0.3 is 10.2 Å². The number of benzene rings is 1. The molecule has 2 rings (SSSR count). The van der Waals surface area contributed by atoms with Crippen LogP contribution in [0, 0.1) is 16.0 Å². The first-order valence-electron chi connectivity index (χ1n) is 7.30. The number of nitro groups is 1. The summed E-state index contributed by atoms with van der Waals surface area (Å²) in [5.74, 6) is 0.673. The van der Waals surface area contributed by atoms with Crippen molar-refractivity contribution >= 4 is 17.1 Å². The summed E-state index contributed by atoms with van der Waals surface area (Å²) in [6.07, 6.45) is 3.40. The Morgan fingerprint density at radius 1 is 1.50 bits per heavy atom. The monoisotopic (exact) mass is 277 g/mol. The van der Waals surface area contributed by atoms with Crippen LogP contribution in [0.3, 0.4) is 0 Å². The zero-order valence-corrected chi connectivity index (χ0v) is 12.4. The molecular formula is C15H23N3O2. The summed E-state index contributed by atoms with van der Waals surface area (Å²) in [5.41, 5.74) is 1.51. The summed E-state index contributed by atoms with van der Waals surface area (Å²) >= 11 is 0. The first kappa shape index (κ1) is 14.6. The Bertz CT molecular complexity index is 486. The average molecular weight is 277 g/mol. The fourth-order valence-electron chi connectivity index (χ4n) is 2.52. The summed E-state index contributed by atoms with van der Waals surface area (Å²) in [7, 11) is 1.95. The van der Waals surface area contributed by atoms with E-state index in [4.69, 9.17) is 0 Å². The number of para-hydroxylation sites is 1. The van der Waals surface area contributed by atoms with Crippen molar-refractivity contribution in [3.8, 4) is 0 Å². The Morgan fingerprint density at radius 3 is 2.75 bits per heavy atom. The van der Waals surface area contributed by atoms with Crippen molar-refractivity contribution in [2.45, 2.75) is 39.2 Å². The predicted molar refractivity (Wildman–Crippen MR) is 82.5 cm³/mol. The zero-order valence-electron chi connectivity index (χ0n) is 12.4. The van der Waals surface area contributed by atoms with Gasteiger partial charge in [0.1, 0.15) is 11.4 Å². The van der Waals surface area contributed by atoms with Crippen LogP contribution in [0.5, 0.6) is 0 Å². The van der Waals surface area contributed by atoms with Crippen molar-refractivity contribution in [2.24, 2.45) is 5.92 Å². The van der Waals surface area contributed by atoms with Gasteiger partial charge in [0.15, 0.2) is 0 Å². The highest BCUT2D eigenvalue weighted by Crippen LogP contribution is 2.40. The Kier molecular flexibility index (Phi) is 4.47.